The lowest BCUT2D eigenvalue weighted by Crippen LogP contribution is -2.30. The lowest BCUT2D eigenvalue weighted by molar-refractivity contribution is -0.117. The summed E-state index contributed by atoms with van der Waals surface area (Å²) >= 11 is 0. The Morgan fingerprint density at radius 2 is 2.00 bits per heavy atom. The van der Waals surface area contributed by atoms with Gasteiger partial charge in [-0.15, -0.1) is 0 Å². The van der Waals surface area contributed by atoms with E-state index in [2.05, 4.69) is 35.3 Å². The summed E-state index contributed by atoms with van der Waals surface area (Å²) in [6.45, 7) is 0. The highest BCUT2D eigenvalue weighted by Gasteiger charge is 2.22. The number of nitrogens with one attached hydrogen (secondary N) is 1. The lowest BCUT2D eigenvalue weighted by Gasteiger charge is -2.10. The van der Waals surface area contributed by atoms with Crippen molar-refractivity contribution < 1.29 is 9.59 Å². The van der Waals surface area contributed by atoms with Gasteiger partial charge in [-0.05, 0) is 12.2 Å². The van der Waals surface area contributed by atoms with Crippen LogP contribution in [0.5, 0.6) is 0 Å². The van der Waals surface area contributed by atoms with Gasteiger partial charge in [-0.3, -0.25) is 19.6 Å². The fraction of sp³-hybridized carbons (Fsp3) is 0.143. The zero-order chi connectivity index (χ0) is 20.8. The Bertz CT molecular complexity index is 1220. The van der Waals surface area contributed by atoms with E-state index in [9.17, 15) is 9.59 Å². The van der Waals surface area contributed by atoms with Crippen molar-refractivity contribution in [2.24, 2.45) is 25.9 Å². The maximum Gasteiger partial charge on any atom is 0.259 e. The number of nitrogens with zero attached hydrogens (tertiary/aromatic N) is 6. The van der Waals surface area contributed by atoms with Crippen LogP contribution in [0.4, 0.5) is 5.82 Å². The van der Waals surface area contributed by atoms with Gasteiger partial charge in [-0.1, -0.05) is 18.2 Å². The van der Waals surface area contributed by atoms with Gasteiger partial charge in [0.25, 0.3) is 5.91 Å². The van der Waals surface area contributed by atoms with Crippen LogP contribution in [0, 0.1) is 5.92 Å². The number of allylic oxidation sites excluding steroid dienone is 5. The first-order chi connectivity index (χ1) is 14.7. The minimum Gasteiger partial charge on any atom is -0.306 e. The molecule has 0 aromatic carbocycles. The first-order valence-electron chi connectivity index (χ1n) is 9.27. The Morgan fingerprint density at radius 3 is 2.93 bits per heavy atom. The summed E-state index contributed by atoms with van der Waals surface area (Å²) < 4.78 is 0. The van der Waals surface area contributed by atoms with E-state index in [0.717, 1.165) is 5.70 Å². The summed E-state index contributed by atoms with van der Waals surface area (Å²) in [6, 6.07) is 0. The Hall–Kier alpha value is -4.14. The number of carbonyl (C=O) groups excluding carboxylic acids is 2. The molecule has 2 aliphatic heterocycles. The second-order valence-corrected chi connectivity index (χ2v) is 6.49. The number of hydrogen-bond donors (Lipinski definition) is 1. The second-order valence-electron chi connectivity index (χ2n) is 6.49. The second kappa shape index (κ2) is 8.91. The zero-order valence-electron chi connectivity index (χ0n) is 15.8. The van der Waals surface area contributed by atoms with E-state index in [1.54, 1.807) is 18.5 Å². The normalized spacial score (nSPS) is 27.2. The van der Waals surface area contributed by atoms with E-state index in [4.69, 9.17) is 0 Å². The fourth-order valence-electron chi connectivity index (χ4n) is 2.97. The minimum atomic E-state index is -0.317. The summed E-state index contributed by atoms with van der Waals surface area (Å²) in [5, 5.41) is 3.18. The molecule has 0 radical (unpaired) electrons. The van der Waals surface area contributed by atoms with E-state index in [1.807, 2.05) is 18.2 Å². The number of hydrogen-bond acceptors (Lipinski definition) is 7. The molecule has 9 heteroatoms. The molecule has 3 heterocycles. The summed E-state index contributed by atoms with van der Waals surface area (Å²) in [7, 11) is 0. The zero-order valence-corrected chi connectivity index (χ0v) is 15.8. The van der Waals surface area contributed by atoms with Crippen LogP contribution in [0.25, 0.3) is 5.57 Å². The van der Waals surface area contributed by atoms with Crippen molar-refractivity contribution in [2.45, 2.75) is 12.8 Å². The van der Waals surface area contributed by atoms with Gasteiger partial charge < -0.3 is 5.32 Å². The van der Waals surface area contributed by atoms with Crippen molar-refractivity contribution in [2.75, 3.05) is 5.32 Å². The minimum absolute atomic E-state index is 0.0652. The van der Waals surface area contributed by atoms with Crippen LogP contribution < -0.4 is 16.0 Å². The Balaban J connectivity index is 1.79. The van der Waals surface area contributed by atoms with Crippen LogP contribution in [0.1, 0.15) is 12.8 Å². The summed E-state index contributed by atoms with van der Waals surface area (Å²) in [5.41, 5.74) is 1.46. The molecule has 30 heavy (non-hydrogen) atoms. The van der Waals surface area contributed by atoms with Crippen molar-refractivity contribution in [1.82, 2.24) is 9.97 Å². The molecule has 2 bridgehead atoms. The molecule has 3 aliphatic rings. The molecule has 9 nitrogen and oxygen atoms in total. The van der Waals surface area contributed by atoms with Crippen LogP contribution in [0.3, 0.4) is 0 Å². The van der Waals surface area contributed by atoms with E-state index in [0.29, 0.717) is 28.5 Å². The molecule has 0 spiro atoms. The largest absolute Gasteiger partial charge is 0.306 e. The first-order valence-corrected chi connectivity index (χ1v) is 9.27. The molecule has 1 atom stereocenters. The van der Waals surface area contributed by atoms with Gasteiger partial charge in [-0.2, -0.15) is 0 Å². The third-order valence-corrected chi connectivity index (χ3v) is 4.37. The van der Waals surface area contributed by atoms with Gasteiger partial charge in [0.1, 0.15) is 12.1 Å². The molecule has 1 unspecified atom stereocenters. The number of fused-ring (bicyclic) bond motifs is 2. The predicted molar refractivity (Wildman–Crippen MR) is 114 cm³/mol. The maximum atomic E-state index is 12.4. The number of carbonyl (C=O) groups is 2. The van der Waals surface area contributed by atoms with E-state index < -0.39 is 0 Å². The van der Waals surface area contributed by atoms with Gasteiger partial charge in [0.05, 0.1) is 10.8 Å². The van der Waals surface area contributed by atoms with E-state index >= 15 is 0 Å². The molecule has 1 aromatic rings. The van der Waals surface area contributed by atoms with Crippen LogP contribution in [-0.2, 0) is 9.59 Å². The van der Waals surface area contributed by atoms with Crippen molar-refractivity contribution in [3.8, 4) is 0 Å². The van der Waals surface area contributed by atoms with E-state index in [-0.39, 0.29) is 24.2 Å². The quantitative estimate of drug-likeness (QED) is 0.694. The third kappa shape index (κ3) is 4.46. The van der Waals surface area contributed by atoms with Crippen LogP contribution in [-0.4, -0.2) is 40.4 Å². The van der Waals surface area contributed by atoms with Crippen LogP contribution in [0.2, 0.25) is 0 Å². The summed E-state index contributed by atoms with van der Waals surface area (Å²) in [5.74, 6) is -0.168. The molecule has 1 N–H and O–H groups in total. The highest BCUT2D eigenvalue weighted by molar-refractivity contribution is 6.40. The van der Waals surface area contributed by atoms with Gasteiger partial charge in [0, 0.05) is 55.5 Å². The van der Waals surface area contributed by atoms with Crippen molar-refractivity contribution >= 4 is 41.8 Å². The average Bonchev–Trinajstić information content (AvgIpc) is 3.07. The molecule has 0 saturated carbocycles. The van der Waals surface area contributed by atoms with Gasteiger partial charge in [0.2, 0.25) is 5.91 Å². The molecule has 2 amide bonds. The highest BCUT2D eigenvalue weighted by Crippen LogP contribution is 2.18. The number of rotatable bonds is 0. The molecule has 1 aliphatic carbocycles. The molecule has 0 fully saturated rings. The Morgan fingerprint density at radius 1 is 1.07 bits per heavy atom. The highest BCUT2D eigenvalue weighted by atomic mass is 16.2. The van der Waals surface area contributed by atoms with E-state index in [1.165, 1.54) is 31.0 Å². The molecular formula is C21H17N7O2. The standard InChI is InChI=1S/C21H17N7O2/c29-17-6-2-7-22-11-14-4-1-5-15(10-14)25-12-16-18-19(24-9-3-8-23-17)26-13-27-20(18)28-21(16)30/h1-5,7-9,11-14H,6,10H2,(H,24,26,27,28,30)/b7-2+,9-3+,22-11+,23-8+,25-12+. The molecule has 1 aromatic heterocycles. The van der Waals surface area contributed by atoms with Gasteiger partial charge in [0.15, 0.2) is 5.49 Å². The van der Waals surface area contributed by atoms with Crippen LogP contribution >= 0.6 is 0 Å². The van der Waals surface area contributed by atoms with Gasteiger partial charge >= 0.3 is 0 Å². The molecule has 0 saturated heterocycles. The maximum absolute atomic E-state index is 12.4. The average molecular weight is 399 g/mol. The predicted octanol–water partition coefficient (Wildman–Crippen LogP) is 0.829. The summed E-state index contributed by atoms with van der Waals surface area (Å²) in [4.78, 5) is 49.3. The molecular weight excluding hydrogens is 382 g/mol. The summed E-state index contributed by atoms with van der Waals surface area (Å²) in [6.07, 6.45) is 18.8. The first kappa shape index (κ1) is 19.2. The number of amides is 2. The molecule has 4 rings (SSSR count). The Labute approximate surface area is 171 Å². The Kier molecular flexibility index (Phi) is 5.70. The smallest absolute Gasteiger partial charge is 0.259 e. The van der Waals surface area contributed by atoms with Crippen molar-refractivity contribution in [3.05, 3.63) is 65.5 Å². The van der Waals surface area contributed by atoms with Crippen molar-refractivity contribution in [3.63, 3.8) is 0 Å². The number of aromatic nitrogens is 2. The topological polar surface area (TPSA) is 121 Å². The van der Waals surface area contributed by atoms with Crippen LogP contribution in [0.15, 0.2) is 74.8 Å². The third-order valence-electron chi connectivity index (χ3n) is 4.37. The fourth-order valence-corrected chi connectivity index (χ4v) is 2.97. The lowest BCUT2D eigenvalue weighted by atomic mass is 10.00. The SMILES string of the molecule is O=C1C/C=C/N=C/C2C=CC=C(C2)/N=C/C2=c3c(ncn\c3=N/C=C/C=N/1)NC2=O. The monoisotopic (exact) mass is 399 g/mol. The number of aliphatic imine (C=N–C) groups is 3. The van der Waals surface area contributed by atoms with Crippen molar-refractivity contribution in [1.29, 1.82) is 0 Å². The number of anilines is 1. The van der Waals surface area contributed by atoms with Gasteiger partial charge in [-0.25, -0.2) is 20.0 Å². The molecule has 148 valence electrons.